The van der Waals surface area contributed by atoms with E-state index in [-0.39, 0.29) is 24.0 Å². The largest absolute Gasteiger partial charge is 0.357 e. The van der Waals surface area contributed by atoms with Gasteiger partial charge in [0, 0.05) is 51.9 Å². The first-order valence-corrected chi connectivity index (χ1v) is 9.92. The number of rotatable bonds is 6. The molecule has 156 valence electrons. The maximum Gasteiger partial charge on any atom is 0.194 e. The minimum absolute atomic E-state index is 0. The second-order valence-electron chi connectivity index (χ2n) is 7.54. The first-order chi connectivity index (χ1) is 13.0. The van der Waals surface area contributed by atoms with E-state index in [2.05, 4.69) is 64.1 Å². The van der Waals surface area contributed by atoms with Gasteiger partial charge in [0.15, 0.2) is 11.8 Å². The fraction of sp³-hybridized carbons (Fsp3) is 0.684. The highest BCUT2D eigenvalue weighted by atomic mass is 127. The quantitative estimate of drug-likeness (QED) is 0.375. The second kappa shape index (κ2) is 10.2. The molecule has 0 spiro atoms. The van der Waals surface area contributed by atoms with Crippen LogP contribution in [-0.2, 0) is 33.1 Å². The van der Waals surface area contributed by atoms with E-state index in [1.54, 1.807) is 0 Å². The summed E-state index contributed by atoms with van der Waals surface area (Å²) in [6, 6.07) is 0. The highest BCUT2D eigenvalue weighted by Gasteiger charge is 2.17. The molecule has 0 saturated carbocycles. The molecule has 0 radical (unpaired) electrons. The Labute approximate surface area is 184 Å². The lowest BCUT2D eigenvalue weighted by atomic mass is 10.1. The Kier molecular flexibility index (Phi) is 8.26. The minimum atomic E-state index is 0. The van der Waals surface area contributed by atoms with Gasteiger partial charge in [-0.1, -0.05) is 13.8 Å². The number of fused-ring (bicyclic) bond motifs is 1. The minimum Gasteiger partial charge on any atom is -0.357 e. The lowest BCUT2D eigenvalue weighted by Gasteiger charge is -2.22. The predicted octanol–water partition coefficient (Wildman–Crippen LogP) is 2.69. The fourth-order valence-electron chi connectivity index (χ4n) is 3.59. The molecule has 3 rings (SSSR count). The van der Waals surface area contributed by atoms with Crippen LogP contribution < -0.4 is 5.32 Å². The number of guanidine groups is 1. The van der Waals surface area contributed by atoms with Crippen molar-refractivity contribution in [2.75, 3.05) is 13.6 Å². The third-order valence-corrected chi connectivity index (χ3v) is 4.89. The Bertz CT molecular complexity index is 792. The molecule has 0 fully saturated rings. The highest BCUT2D eigenvalue weighted by Crippen LogP contribution is 2.19. The Morgan fingerprint density at radius 2 is 2.11 bits per heavy atom. The van der Waals surface area contributed by atoms with Crippen molar-refractivity contribution in [3.05, 3.63) is 29.1 Å². The van der Waals surface area contributed by atoms with Gasteiger partial charge < -0.3 is 14.8 Å². The predicted molar refractivity (Wildman–Crippen MR) is 122 cm³/mol. The van der Waals surface area contributed by atoms with Crippen LogP contribution in [-0.4, -0.2) is 49.0 Å². The summed E-state index contributed by atoms with van der Waals surface area (Å²) in [5, 5.41) is 16.7. The zero-order valence-electron chi connectivity index (χ0n) is 17.6. The third kappa shape index (κ3) is 5.24. The highest BCUT2D eigenvalue weighted by molar-refractivity contribution is 14.0. The summed E-state index contributed by atoms with van der Waals surface area (Å²) in [6.45, 7) is 9.60. The van der Waals surface area contributed by atoms with Crippen LogP contribution in [0.2, 0.25) is 0 Å². The Hall–Kier alpha value is -1.65. The van der Waals surface area contributed by atoms with E-state index in [1.165, 1.54) is 18.4 Å². The van der Waals surface area contributed by atoms with Gasteiger partial charge in [-0.15, -0.1) is 34.2 Å². The topological polar surface area (TPSA) is 76.2 Å². The summed E-state index contributed by atoms with van der Waals surface area (Å²) in [4.78, 5) is 6.98. The first kappa shape index (κ1) is 22.6. The van der Waals surface area contributed by atoms with Gasteiger partial charge in [-0.3, -0.25) is 4.68 Å². The summed E-state index contributed by atoms with van der Waals surface area (Å²) < 4.78 is 4.12. The molecule has 2 aromatic rings. The van der Waals surface area contributed by atoms with Crippen LogP contribution >= 0.6 is 24.0 Å². The van der Waals surface area contributed by atoms with Gasteiger partial charge in [-0.05, 0) is 25.7 Å². The third-order valence-electron chi connectivity index (χ3n) is 4.89. The van der Waals surface area contributed by atoms with Gasteiger partial charge in [0.05, 0.1) is 5.69 Å². The van der Waals surface area contributed by atoms with E-state index < -0.39 is 0 Å². The number of hydrogen-bond donors (Lipinski definition) is 1. The summed E-state index contributed by atoms with van der Waals surface area (Å²) >= 11 is 0. The molecule has 0 atom stereocenters. The molecule has 1 N–H and O–H groups in total. The van der Waals surface area contributed by atoms with Crippen molar-refractivity contribution < 1.29 is 0 Å². The van der Waals surface area contributed by atoms with Crippen LogP contribution in [0.5, 0.6) is 0 Å². The molecule has 3 heterocycles. The van der Waals surface area contributed by atoms with Crippen LogP contribution in [0.25, 0.3) is 0 Å². The monoisotopic (exact) mass is 500 g/mol. The molecule has 0 amide bonds. The molecule has 28 heavy (non-hydrogen) atoms. The lowest BCUT2D eigenvalue weighted by Crippen LogP contribution is -2.38. The summed E-state index contributed by atoms with van der Waals surface area (Å²) in [6.07, 6.45) is 5.52. The van der Waals surface area contributed by atoms with Crippen molar-refractivity contribution in [3.8, 4) is 0 Å². The molecule has 8 nitrogen and oxygen atoms in total. The number of aryl methyl sites for hydroxylation is 2. The maximum absolute atomic E-state index is 4.82. The number of halogens is 1. The van der Waals surface area contributed by atoms with E-state index >= 15 is 0 Å². The van der Waals surface area contributed by atoms with Gasteiger partial charge in [0.1, 0.15) is 12.4 Å². The smallest absolute Gasteiger partial charge is 0.194 e. The number of aromatic nitrogens is 5. The van der Waals surface area contributed by atoms with E-state index in [1.807, 2.05) is 11.7 Å². The maximum atomic E-state index is 4.82. The number of nitrogens with one attached hydrogen (secondary N) is 1. The van der Waals surface area contributed by atoms with Crippen molar-refractivity contribution in [3.63, 3.8) is 0 Å². The molecular weight excluding hydrogens is 467 g/mol. The molecule has 1 aliphatic rings. The van der Waals surface area contributed by atoms with Crippen LogP contribution in [0.4, 0.5) is 0 Å². The number of nitrogens with zero attached hydrogens (tertiary/aromatic N) is 7. The van der Waals surface area contributed by atoms with Gasteiger partial charge in [0.25, 0.3) is 0 Å². The van der Waals surface area contributed by atoms with Crippen molar-refractivity contribution in [2.45, 2.75) is 65.6 Å². The average Bonchev–Trinajstić information content (AvgIpc) is 3.22. The van der Waals surface area contributed by atoms with Crippen LogP contribution in [0, 0.1) is 0 Å². The van der Waals surface area contributed by atoms with Gasteiger partial charge >= 0.3 is 0 Å². The van der Waals surface area contributed by atoms with E-state index in [0.717, 1.165) is 49.4 Å². The zero-order chi connectivity index (χ0) is 19.4. The summed E-state index contributed by atoms with van der Waals surface area (Å²) in [5.41, 5.74) is 2.38. The zero-order valence-corrected chi connectivity index (χ0v) is 20.0. The van der Waals surface area contributed by atoms with Crippen LogP contribution in [0.3, 0.4) is 0 Å². The van der Waals surface area contributed by atoms with E-state index in [9.17, 15) is 0 Å². The molecule has 0 aliphatic carbocycles. The van der Waals surface area contributed by atoms with Gasteiger partial charge in [0.2, 0.25) is 0 Å². The summed E-state index contributed by atoms with van der Waals surface area (Å²) in [7, 11) is 4.04. The molecule has 0 aromatic carbocycles. The van der Waals surface area contributed by atoms with E-state index in [0.29, 0.717) is 12.5 Å². The van der Waals surface area contributed by atoms with Crippen LogP contribution in [0.15, 0.2) is 11.2 Å². The molecule has 0 unspecified atom stereocenters. The second-order valence-corrected chi connectivity index (χ2v) is 7.54. The van der Waals surface area contributed by atoms with Crippen molar-refractivity contribution in [1.29, 1.82) is 0 Å². The molecule has 9 heteroatoms. The Balaban J connectivity index is 0.00000280. The van der Waals surface area contributed by atoms with Crippen molar-refractivity contribution in [2.24, 2.45) is 12.0 Å². The first-order valence-electron chi connectivity index (χ1n) is 9.92. The number of hydrogen-bond acceptors (Lipinski definition) is 4. The molecule has 0 saturated heterocycles. The molecule has 1 aliphatic heterocycles. The average molecular weight is 500 g/mol. The number of aliphatic imine (C=N–C) groups is 1. The Morgan fingerprint density at radius 3 is 2.82 bits per heavy atom. The van der Waals surface area contributed by atoms with E-state index in [4.69, 9.17) is 4.99 Å². The molecule has 2 aromatic heterocycles. The lowest BCUT2D eigenvalue weighted by molar-refractivity contribution is 0.471. The Morgan fingerprint density at radius 1 is 1.32 bits per heavy atom. The van der Waals surface area contributed by atoms with Crippen molar-refractivity contribution >= 4 is 29.9 Å². The van der Waals surface area contributed by atoms with Gasteiger partial charge in [-0.2, -0.15) is 5.10 Å². The molecular formula is C19H33IN8. The van der Waals surface area contributed by atoms with Gasteiger partial charge in [-0.25, -0.2) is 4.99 Å². The standard InChI is InChI=1S/C19H32N8.HI/c1-6-20-19(21-11-17-23-22-16-9-7-8-10-27(16)17)25(4)12-15-13-26(5)24-18(15)14(2)3;/h13-14H,6-12H2,1-5H3,(H,20,21);1H. The van der Waals surface area contributed by atoms with Crippen molar-refractivity contribution in [1.82, 2.24) is 34.8 Å². The summed E-state index contributed by atoms with van der Waals surface area (Å²) in [5.74, 6) is 3.33. The molecule has 0 bridgehead atoms. The fourth-order valence-corrected chi connectivity index (χ4v) is 3.59. The van der Waals surface area contributed by atoms with Crippen LogP contribution in [0.1, 0.15) is 62.4 Å². The normalized spacial score (nSPS) is 14.0. The SMILES string of the molecule is CCNC(=NCc1nnc2n1CCCC2)N(C)Cc1cn(C)nc1C(C)C.I.